The third kappa shape index (κ3) is 5.32. The summed E-state index contributed by atoms with van der Waals surface area (Å²) in [5, 5.41) is 15.2. The Kier molecular flexibility index (Phi) is 6.74. The predicted octanol–water partition coefficient (Wildman–Crippen LogP) is 2.84. The Morgan fingerprint density at radius 2 is 1.73 bits per heavy atom. The van der Waals surface area contributed by atoms with E-state index in [1.807, 2.05) is 37.3 Å². The molecule has 0 aliphatic carbocycles. The molecule has 0 saturated heterocycles. The molecule has 1 atom stereocenters. The molecule has 0 aromatic heterocycles. The van der Waals surface area contributed by atoms with Crippen molar-refractivity contribution in [3.63, 3.8) is 0 Å². The van der Waals surface area contributed by atoms with Gasteiger partial charge >= 0.3 is 6.09 Å². The molecule has 2 aromatic rings. The molecule has 0 radical (unpaired) electrons. The van der Waals surface area contributed by atoms with Crippen LogP contribution in [-0.2, 0) is 11.2 Å². The Morgan fingerprint density at radius 3 is 2.38 bits per heavy atom. The summed E-state index contributed by atoms with van der Waals surface area (Å²) in [5.74, 6) is -0.329. The number of para-hydroxylation sites is 1. The van der Waals surface area contributed by atoms with Crippen LogP contribution in [0.25, 0.3) is 0 Å². The average Bonchev–Trinajstić information content (AvgIpc) is 2.67. The van der Waals surface area contributed by atoms with Gasteiger partial charge in [0.15, 0.2) is 0 Å². The van der Waals surface area contributed by atoms with Crippen LogP contribution in [-0.4, -0.2) is 37.4 Å². The van der Waals surface area contributed by atoms with Gasteiger partial charge in [0, 0.05) is 12.0 Å². The first kappa shape index (κ1) is 19.5. The van der Waals surface area contributed by atoms with Crippen molar-refractivity contribution in [2.24, 2.45) is 5.41 Å². The highest BCUT2D eigenvalue weighted by Gasteiger charge is 2.25. The highest BCUT2D eigenvalue weighted by Crippen LogP contribution is 2.22. The normalized spacial score (nSPS) is 12.7. The number of carbonyl (C=O) groups is 2. The third-order valence-electron chi connectivity index (χ3n) is 4.12. The van der Waals surface area contributed by atoms with Crippen LogP contribution < -0.4 is 10.6 Å². The van der Waals surface area contributed by atoms with E-state index >= 15 is 0 Å². The third-order valence-corrected chi connectivity index (χ3v) is 4.12. The maximum atomic E-state index is 12.6. The summed E-state index contributed by atoms with van der Waals surface area (Å²) in [4.78, 5) is 24.0. The lowest BCUT2D eigenvalue weighted by molar-refractivity contribution is 0.0896. The Balaban J connectivity index is 2.06. The smallest absolute Gasteiger partial charge is 0.411 e. The van der Waals surface area contributed by atoms with E-state index in [0.29, 0.717) is 24.2 Å². The molecule has 26 heavy (non-hydrogen) atoms. The summed E-state index contributed by atoms with van der Waals surface area (Å²) in [7, 11) is 1.26. The van der Waals surface area contributed by atoms with Crippen LogP contribution in [0.2, 0.25) is 0 Å². The number of ether oxygens (including phenoxy) is 1. The Morgan fingerprint density at radius 1 is 1.08 bits per heavy atom. The number of anilines is 1. The molecule has 6 heteroatoms. The first-order chi connectivity index (χ1) is 12.5. The quantitative estimate of drug-likeness (QED) is 0.712. The highest BCUT2D eigenvalue weighted by atomic mass is 16.5. The Hall–Kier alpha value is -2.86. The van der Waals surface area contributed by atoms with Gasteiger partial charge in [0.1, 0.15) is 0 Å². The van der Waals surface area contributed by atoms with E-state index in [-0.39, 0.29) is 12.5 Å². The van der Waals surface area contributed by atoms with E-state index in [4.69, 9.17) is 0 Å². The lowest BCUT2D eigenvalue weighted by Gasteiger charge is -2.28. The van der Waals surface area contributed by atoms with Gasteiger partial charge in [0.2, 0.25) is 0 Å². The van der Waals surface area contributed by atoms with Crippen LogP contribution in [0, 0.1) is 5.41 Å². The van der Waals surface area contributed by atoms with Gasteiger partial charge in [-0.2, -0.15) is 0 Å². The largest absolute Gasteiger partial charge is 0.453 e. The van der Waals surface area contributed by atoms with Crippen LogP contribution in [0.15, 0.2) is 54.6 Å². The van der Waals surface area contributed by atoms with Crippen molar-refractivity contribution < 1.29 is 19.4 Å². The van der Waals surface area contributed by atoms with Crippen molar-refractivity contribution >= 4 is 17.7 Å². The van der Waals surface area contributed by atoms with E-state index in [9.17, 15) is 14.7 Å². The molecule has 138 valence electrons. The number of carbonyl (C=O) groups excluding carboxylic acids is 2. The minimum Gasteiger partial charge on any atom is -0.453 e. The average molecular weight is 356 g/mol. The summed E-state index contributed by atoms with van der Waals surface area (Å²) in [6, 6.07) is 16.5. The van der Waals surface area contributed by atoms with Crippen LogP contribution >= 0.6 is 0 Å². The van der Waals surface area contributed by atoms with Gasteiger partial charge in [-0.1, -0.05) is 49.4 Å². The molecule has 0 spiro atoms. The minimum absolute atomic E-state index is 0.0652. The van der Waals surface area contributed by atoms with Crippen molar-refractivity contribution in [3.05, 3.63) is 65.7 Å². The number of aliphatic hydroxyl groups excluding tert-OH is 1. The molecular formula is C20H24N2O4. The molecule has 0 heterocycles. The first-order valence-corrected chi connectivity index (χ1v) is 8.34. The fourth-order valence-electron chi connectivity index (χ4n) is 2.60. The molecular weight excluding hydrogens is 332 g/mol. The predicted molar refractivity (Wildman–Crippen MR) is 100 cm³/mol. The number of hydrogen-bond donors (Lipinski definition) is 3. The number of aliphatic hydroxyl groups is 1. The van der Waals surface area contributed by atoms with E-state index < -0.39 is 11.5 Å². The first-order valence-electron chi connectivity index (χ1n) is 8.34. The number of nitrogens with one attached hydrogen (secondary N) is 2. The molecule has 0 unspecified atom stereocenters. The van der Waals surface area contributed by atoms with E-state index in [1.54, 1.807) is 24.3 Å². The highest BCUT2D eigenvalue weighted by molar-refractivity contribution is 6.02. The van der Waals surface area contributed by atoms with Crippen LogP contribution in [0.1, 0.15) is 22.8 Å². The van der Waals surface area contributed by atoms with E-state index in [1.165, 1.54) is 7.11 Å². The zero-order valence-electron chi connectivity index (χ0n) is 15.0. The standard InChI is InChI=1S/C20H24N2O4/c1-20(14-23,12-15-8-4-3-5-9-15)13-21-18(24)16-10-6-7-11-17(16)22-19(25)26-2/h3-11,23H,12-14H2,1-2H3,(H,21,24)(H,22,25)/t20-/m1/s1. The Bertz CT molecular complexity index is 748. The lowest BCUT2D eigenvalue weighted by Crippen LogP contribution is -2.39. The number of rotatable bonds is 7. The fraction of sp³-hybridized carbons (Fsp3) is 0.300. The fourth-order valence-corrected chi connectivity index (χ4v) is 2.60. The molecule has 0 saturated carbocycles. The molecule has 0 bridgehead atoms. The maximum Gasteiger partial charge on any atom is 0.411 e. The molecule has 2 rings (SSSR count). The molecule has 3 N–H and O–H groups in total. The second kappa shape index (κ2) is 9.01. The summed E-state index contributed by atoms with van der Waals surface area (Å²) in [6.45, 7) is 2.15. The minimum atomic E-state index is -0.644. The number of hydrogen-bond acceptors (Lipinski definition) is 4. The lowest BCUT2D eigenvalue weighted by atomic mass is 9.84. The van der Waals surface area contributed by atoms with Gasteiger partial charge in [-0.3, -0.25) is 10.1 Å². The van der Waals surface area contributed by atoms with Crippen LogP contribution in [0.4, 0.5) is 10.5 Å². The van der Waals surface area contributed by atoms with Crippen molar-refractivity contribution in [1.82, 2.24) is 5.32 Å². The van der Waals surface area contributed by atoms with Gasteiger partial charge in [-0.15, -0.1) is 0 Å². The van der Waals surface area contributed by atoms with Gasteiger partial charge in [-0.05, 0) is 24.1 Å². The van der Waals surface area contributed by atoms with Crippen LogP contribution in [0.3, 0.4) is 0 Å². The summed E-state index contributed by atoms with van der Waals surface area (Å²) >= 11 is 0. The number of amides is 2. The van der Waals surface area contributed by atoms with Crippen molar-refractivity contribution in [1.29, 1.82) is 0 Å². The molecule has 6 nitrogen and oxygen atoms in total. The van der Waals surface area contributed by atoms with Gasteiger partial charge in [0.05, 0.1) is 25.0 Å². The summed E-state index contributed by atoms with van der Waals surface area (Å²) < 4.78 is 4.57. The number of methoxy groups -OCH3 is 1. The second-order valence-corrected chi connectivity index (χ2v) is 6.48. The van der Waals surface area contributed by atoms with E-state index in [0.717, 1.165) is 5.56 Å². The number of benzene rings is 2. The summed E-state index contributed by atoms with van der Waals surface area (Å²) in [5.41, 5.74) is 1.29. The monoisotopic (exact) mass is 356 g/mol. The van der Waals surface area contributed by atoms with E-state index in [2.05, 4.69) is 15.4 Å². The molecule has 2 aromatic carbocycles. The topological polar surface area (TPSA) is 87.7 Å². The zero-order chi connectivity index (χ0) is 19.0. The van der Waals surface area contributed by atoms with Crippen molar-refractivity contribution in [3.8, 4) is 0 Å². The van der Waals surface area contributed by atoms with Gasteiger partial charge < -0.3 is 15.2 Å². The molecule has 0 fully saturated rings. The second-order valence-electron chi connectivity index (χ2n) is 6.48. The maximum absolute atomic E-state index is 12.6. The van der Waals surface area contributed by atoms with Gasteiger partial charge in [-0.25, -0.2) is 4.79 Å². The summed E-state index contributed by atoms with van der Waals surface area (Å²) in [6.07, 6.45) is -0.0123. The zero-order valence-corrected chi connectivity index (χ0v) is 15.0. The SMILES string of the molecule is COC(=O)Nc1ccccc1C(=O)NC[C@](C)(CO)Cc1ccccc1. The van der Waals surface area contributed by atoms with Crippen molar-refractivity contribution in [2.45, 2.75) is 13.3 Å². The van der Waals surface area contributed by atoms with Crippen molar-refractivity contribution in [2.75, 3.05) is 25.6 Å². The van der Waals surface area contributed by atoms with Crippen LogP contribution in [0.5, 0.6) is 0 Å². The molecule has 0 aliphatic heterocycles. The Labute approximate surface area is 153 Å². The molecule has 2 amide bonds. The van der Waals surface area contributed by atoms with Gasteiger partial charge in [0.25, 0.3) is 5.91 Å². The molecule has 0 aliphatic rings.